The third-order valence-electron chi connectivity index (χ3n) is 6.03. The smallest absolute Gasteiger partial charge is 0.351 e. The van der Waals surface area contributed by atoms with Gasteiger partial charge in [-0.25, -0.2) is 8.42 Å². The van der Waals surface area contributed by atoms with Gasteiger partial charge in [0.2, 0.25) is 0 Å². The van der Waals surface area contributed by atoms with Gasteiger partial charge >= 0.3 is 6.18 Å². The van der Waals surface area contributed by atoms with Gasteiger partial charge in [0.25, 0.3) is 15.9 Å². The van der Waals surface area contributed by atoms with Crippen molar-refractivity contribution in [3.05, 3.63) is 87.4 Å². The summed E-state index contributed by atoms with van der Waals surface area (Å²) >= 11 is 13.0. The van der Waals surface area contributed by atoms with Crippen molar-refractivity contribution in [2.45, 2.75) is 47.9 Å². The number of anilines is 1. The van der Waals surface area contributed by atoms with Crippen LogP contribution < -0.4 is 10.0 Å². The number of nitrogens with one attached hydrogen (secondary N) is 2. The second-order valence-corrected chi connectivity index (χ2v) is 12.8. The van der Waals surface area contributed by atoms with Crippen LogP contribution in [0.15, 0.2) is 70.5 Å². The average Bonchev–Trinajstić information content (AvgIpc) is 2.92. The van der Waals surface area contributed by atoms with Crippen molar-refractivity contribution < 1.29 is 31.6 Å². The van der Waals surface area contributed by atoms with Gasteiger partial charge < -0.3 is 10.5 Å². The van der Waals surface area contributed by atoms with Crippen molar-refractivity contribution in [3.8, 4) is 0 Å². The number of sulfonamides is 1. The van der Waals surface area contributed by atoms with Crippen LogP contribution in [0.25, 0.3) is 0 Å². The van der Waals surface area contributed by atoms with Crippen molar-refractivity contribution >= 4 is 56.6 Å². The van der Waals surface area contributed by atoms with Crippen LogP contribution in [0, 0.1) is 0 Å². The molecular weight excluding hydrogens is 634 g/mol. The molecule has 3 N–H and O–H groups in total. The number of nitrogens with zero attached hydrogens (tertiary/aromatic N) is 1. The molecule has 42 heavy (non-hydrogen) atoms. The van der Waals surface area contributed by atoms with Crippen LogP contribution >= 0.6 is 35.0 Å². The van der Waals surface area contributed by atoms with Gasteiger partial charge in [-0.15, -0.1) is 11.8 Å². The Morgan fingerprint density at radius 3 is 2.38 bits per heavy atom. The Kier molecular flexibility index (Phi) is 12.4. The third-order valence-corrected chi connectivity index (χ3v) is 9.10. The summed E-state index contributed by atoms with van der Waals surface area (Å²) in [5, 5.41) is 13.4. The lowest BCUT2D eigenvalue weighted by atomic mass is 10.1. The van der Waals surface area contributed by atoms with E-state index >= 15 is 0 Å². The number of carbonyl (C=O) groups is 1. The number of alkyl halides is 3. The lowest BCUT2D eigenvalue weighted by molar-refractivity contribution is -0.137. The Hall–Kier alpha value is -2.48. The molecule has 0 aliphatic rings. The van der Waals surface area contributed by atoms with E-state index in [1.807, 2.05) is 0 Å². The highest BCUT2D eigenvalue weighted by Crippen LogP contribution is 2.37. The average molecular weight is 665 g/mol. The van der Waals surface area contributed by atoms with Crippen LogP contribution in [0.1, 0.15) is 47.7 Å². The summed E-state index contributed by atoms with van der Waals surface area (Å²) < 4.78 is 68.1. The predicted octanol–water partition coefficient (Wildman–Crippen LogP) is 7.72. The highest BCUT2D eigenvalue weighted by atomic mass is 35.5. The Morgan fingerprint density at radius 2 is 1.71 bits per heavy atom. The van der Waals surface area contributed by atoms with E-state index in [0.717, 1.165) is 37.0 Å². The van der Waals surface area contributed by atoms with Gasteiger partial charge in [-0.3, -0.25) is 9.52 Å². The second kappa shape index (κ2) is 15.3. The molecule has 1 amide bonds. The Labute approximate surface area is 257 Å². The maximum Gasteiger partial charge on any atom is 0.417 e. The summed E-state index contributed by atoms with van der Waals surface area (Å²) in [5.74, 6) is 0.121. The lowest BCUT2D eigenvalue weighted by Crippen LogP contribution is -2.33. The molecule has 0 saturated carbocycles. The highest BCUT2D eigenvalue weighted by molar-refractivity contribution is 7.98. The van der Waals surface area contributed by atoms with E-state index in [-0.39, 0.29) is 16.6 Å². The number of thioether (sulfide) groups is 1. The van der Waals surface area contributed by atoms with Gasteiger partial charge in [0.1, 0.15) is 0 Å². The van der Waals surface area contributed by atoms with Gasteiger partial charge in [-0.1, -0.05) is 55.1 Å². The number of rotatable bonds is 14. The summed E-state index contributed by atoms with van der Waals surface area (Å²) in [6.07, 6.45) is -1.87. The number of carbonyl (C=O) groups excluding carboxylic acids is 1. The van der Waals surface area contributed by atoms with Gasteiger partial charge in [-0.05, 0) is 60.5 Å². The number of halogens is 5. The Morgan fingerprint density at radius 1 is 1.00 bits per heavy atom. The van der Waals surface area contributed by atoms with E-state index in [1.165, 1.54) is 22.9 Å². The minimum atomic E-state index is -4.83. The maximum absolute atomic E-state index is 13.3. The molecule has 3 aromatic rings. The quantitative estimate of drug-likeness (QED) is 0.0928. The first-order chi connectivity index (χ1) is 19.8. The zero-order chi connectivity index (χ0) is 30.9. The molecule has 3 rings (SSSR count). The molecule has 14 heteroatoms. The zero-order valence-electron chi connectivity index (χ0n) is 22.5. The number of benzene rings is 3. The largest absolute Gasteiger partial charge is 0.417 e. The molecule has 0 radical (unpaired) electrons. The SMILES string of the molecule is CCCCCN(O)CCNC(=O)c1ccc(CSc2ccc(Cl)cc2NS(=O)(=O)c2ccc(Cl)c(C(F)(F)F)c2)cc1. The number of hydrogen-bond donors (Lipinski definition) is 3. The predicted molar refractivity (Wildman–Crippen MR) is 160 cm³/mol. The minimum Gasteiger partial charge on any atom is -0.351 e. The highest BCUT2D eigenvalue weighted by Gasteiger charge is 2.34. The van der Waals surface area contributed by atoms with Crippen molar-refractivity contribution in [2.75, 3.05) is 24.4 Å². The van der Waals surface area contributed by atoms with E-state index in [2.05, 4.69) is 17.0 Å². The molecular formula is C28H30Cl2F3N3O4S2. The molecule has 0 unspecified atom stereocenters. The van der Waals surface area contributed by atoms with E-state index in [9.17, 15) is 31.6 Å². The van der Waals surface area contributed by atoms with Gasteiger partial charge in [-0.2, -0.15) is 18.2 Å². The fourth-order valence-corrected chi connectivity index (χ4v) is 6.27. The van der Waals surface area contributed by atoms with Gasteiger partial charge in [0.15, 0.2) is 0 Å². The lowest BCUT2D eigenvalue weighted by Gasteiger charge is -2.15. The zero-order valence-corrected chi connectivity index (χ0v) is 25.7. The maximum atomic E-state index is 13.3. The molecule has 0 heterocycles. The number of hydroxylamine groups is 2. The van der Waals surface area contributed by atoms with E-state index in [4.69, 9.17) is 23.2 Å². The number of amides is 1. The van der Waals surface area contributed by atoms with Crippen molar-refractivity contribution in [1.29, 1.82) is 0 Å². The monoisotopic (exact) mass is 663 g/mol. The fourth-order valence-electron chi connectivity index (χ4n) is 3.77. The summed E-state index contributed by atoms with van der Waals surface area (Å²) in [5.41, 5.74) is 0.118. The normalized spacial score (nSPS) is 12.0. The second-order valence-electron chi connectivity index (χ2n) is 9.29. The molecule has 0 fully saturated rings. The molecule has 0 aliphatic carbocycles. The van der Waals surface area contributed by atoms with Crippen molar-refractivity contribution in [2.24, 2.45) is 0 Å². The summed E-state index contributed by atoms with van der Waals surface area (Å²) in [6.45, 7) is 3.24. The topological polar surface area (TPSA) is 98.7 Å². The molecule has 0 spiro atoms. The molecule has 0 saturated heterocycles. The van der Waals surface area contributed by atoms with Crippen LogP contribution in [-0.4, -0.2) is 44.2 Å². The molecule has 3 aromatic carbocycles. The summed E-state index contributed by atoms with van der Waals surface area (Å²) in [7, 11) is -4.41. The fraction of sp³-hybridized carbons (Fsp3) is 0.321. The van der Waals surface area contributed by atoms with Crippen LogP contribution in [0.3, 0.4) is 0 Å². The third kappa shape index (κ3) is 10.1. The molecule has 0 aliphatic heterocycles. The molecule has 7 nitrogen and oxygen atoms in total. The molecule has 0 atom stereocenters. The summed E-state index contributed by atoms with van der Waals surface area (Å²) in [4.78, 5) is 12.3. The summed E-state index contributed by atoms with van der Waals surface area (Å²) in [6, 6.07) is 13.7. The van der Waals surface area contributed by atoms with Crippen LogP contribution in [0.5, 0.6) is 0 Å². The minimum absolute atomic E-state index is 0.0969. The first kappa shape index (κ1) is 34.0. The number of unbranched alkanes of at least 4 members (excludes halogenated alkanes) is 2. The Bertz CT molecular complexity index is 1470. The molecule has 228 valence electrons. The first-order valence-corrected chi connectivity index (χ1v) is 16.2. The van der Waals surface area contributed by atoms with E-state index < -0.39 is 31.7 Å². The van der Waals surface area contributed by atoms with Crippen LogP contribution in [0.4, 0.5) is 18.9 Å². The van der Waals surface area contributed by atoms with Crippen LogP contribution in [0.2, 0.25) is 10.0 Å². The first-order valence-electron chi connectivity index (χ1n) is 12.9. The van der Waals surface area contributed by atoms with E-state index in [0.29, 0.717) is 41.9 Å². The van der Waals surface area contributed by atoms with E-state index in [1.54, 1.807) is 36.4 Å². The van der Waals surface area contributed by atoms with Gasteiger partial charge in [0.05, 0.1) is 21.2 Å². The molecule has 0 aromatic heterocycles. The Balaban J connectivity index is 1.63. The van der Waals surface area contributed by atoms with Crippen molar-refractivity contribution in [3.63, 3.8) is 0 Å². The molecule has 0 bridgehead atoms. The van der Waals surface area contributed by atoms with Crippen LogP contribution in [-0.2, 0) is 22.0 Å². The van der Waals surface area contributed by atoms with Gasteiger partial charge in [0, 0.05) is 40.9 Å². The number of hydrogen-bond acceptors (Lipinski definition) is 6. The standard InChI is InChI=1S/C28H30Cl2F3N3O4S2/c1-2-3-4-14-36(38)15-13-34-27(37)20-7-5-19(6-8-20)18-41-26-12-9-21(29)16-25(26)35-42(39,40)22-10-11-24(30)23(17-22)28(31,32)33/h5-12,16-17,35,38H,2-4,13-15,18H2,1H3,(H,34,37). The van der Waals surface area contributed by atoms with Crippen molar-refractivity contribution in [1.82, 2.24) is 10.4 Å².